The van der Waals surface area contributed by atoms with Gasteiger partial charge in [0.15, 0.2) is 0 Å². The highest BCUT2D eigenvalue weighted by atomic mass is 19.1. The Morgan fingerprint density at radius 3 is 2.58 bits per heavy atom. The second kappa shape index (κ2) is 9.82. The van der Waals surface area contributed by atoms with Gasteiger partial charge in [-0.05, 0) is 89.2 Å². The van der Waals surface area contributed by atoms with Crippen molar-refractivity contribution in [2.24, 2.45) is 10.9 Å². The van der Waals surface area contributed by atoms with Gasteiger partial charge < -0.3 is 10.1 Å². The SMILES string of the molecule is Fc1cccc(COc2ccc(C=Nc3ccc([C@@H]4Nc5ccccc5[C@@H]5C=CC[C@@H]54)cc3)cc2)c1. The minimum Gasteiger partial charge on any atom is -0.489 e. The molecule has 1 aliphatic carbocycles. The van der Waals surface area contributed by atoms with Crippen LogP contribution >= 0.6 is 0 Å². The summed E-state index contributed by atoms with van der Waals surface area (Å²) in [5.41, 5.74) is 6.64. The van der Waals surface area contributed by atoms with Gasteiger partial charge in [-0.25, -0.2) is 4.39 Å². The number of aliphatic imine (C=N–C) groups is 1. The zero-order valence-corrected chi connectivity index (χ0v) is 19.8. The van der Waals surface area contributed by atoms with Crippen LogP contribution in [-0.2, 0) is 6.61 Å². The van der Waals surface area contributed by atoms with Crippen molar-refractivity contribution in [3.63, 3.8) is 0 Å². The van der Waals surface area contributed by atoms with E-state index in [0.717, 1.165) is 29.0 Å². The van der Waals surface area contributed by atoms with Crippen LogP contribution in [0.1, 0.15) is 40.6 Å². The van der Waals surface area contributed by atoms with E-state index in [0.29, 0.717) is 18.4 Å². The van der Waals surface area contributed by atoms with E-state index < -0.39 is 0 Å². The lowest BCUT2D eigenvalue weighted by molar-refractivity contribution is 0.305. The summed E-state index contributed by atoms with van der Waals surface area (Å²) in [6, 6.07) is 31.7. The van der Waals surface area contributed by atoms with Crippen molar-refractivity contribution in [3.05, 3.63) is 137 Å². The zero-order valence-electron chi connectivity index (χ0n) is 19.8. The van der Waals surface area contributed by atoms with Crippen molar-refractivity contribution in [1.29, 1.82) is 0 Å². The van der Waals surface area contributed by atoms with Crippen molar-refractivity contribution >= 4 is 17.6 Å². The lowest BCUT2D eigenvalue weighted by Gasteiger charge is -2.37. The number of nitrogens with one attached hydrogen (secondary N) is 1. The van der Waals surface area contributed by atoms with Crippen molar-refractivity contribution in [2.45, 2.75) is 25.0 Å². The van der Waals surface area contributed by atoms with Crippen LogP contribution in [0.2, 0.25) is 0 Å². The fourth-order valence-electron chi connectivity index (χ4n) is 5.23. The molecule has 4 heteroatoms. The average molecular weight is 475 g/mol. The van der Waals surface area contributed by atoms with Gasteiger partial charge in [0.05, 0.1) is 11.7 Å². The zero-order chi connectivity index (χ0) is 24.3. The number of allylic oxidation sites excluding steroid dienone is 2. The third-order valence-electron chi connectivity index (χ3n) is 7.06. The van der Waals surface area contributed by atoms with Crippen LogP contribution in [0.5, 0.6) is 5.75 Å². The Labute approximate surface area is 211 Å². The minimum absolute atomic E-state index is 0.254. The van der Waals surface area contributed by atoms with Crippen LogP contribution in [0.15, 0.2) is 114 Å². The van der Waals surface area contributed by atoms with Crippen LogP contribution < -0.4 is 10.1 Å². The van der Waals surface area contributed by atoms with E-state index in [1.165, 1.54) is 28.9 Å². The van der Waals surface area contributed by atoms with Crippen LogP contribution in [0, 0.1) is 11.7 Å². The van der Waals surface area contributed by atoms with Gasteiger partial charge >= 0.3 is 0 Å². The van der Waals surface area contributed by atoms with Crippen molar-refractivity contribution < 1.29 is 9.13 Å². The van der Waals surface area contributed by atoms with E-state index in [1.807, 2.05) is 36.5 Å². The maximum atomic E-state index is 13.3. The number of para-hydroxylation sites is 1. The Hall–Kier alpha value is -4.18. The Morgan fingerprint density at radius 2 is 1.75 bits per heavy atom. The predicted molar refractivity (Wildman–Crippen MR) is 144 cm³/mol. The van der Waals surface area contributed by atoms with Gasteiger partial charge in [-0.15, -0.1) is 0 Å². The molecule has 0 radical (unpaired) electrons. The smallest absolute Gasteiger partial charge is 0.123 e. The molecule has 0 saturated heterocycles. The summed E-state index contributed by atoms with van der Waals surface area (Å²) in [4.78, 5) is 4.66. The molecule has 0 unspecified atom stereocenters. The summed E-state index contributed by atoms with van der Waals surface area (Å²) in [6.07, 6.45) is 7.65. The molecule has 0 aromatic heterocycles. The number of nitrogens with zero attached hydrogens (tertiary/aromatic N) is 1. The molecule has 4 aromatic carbocycles. The van der Waals surface area contributed by atoms with Crippen molar-refractivity contribution in [1.82, 2.24) is 0 Å². The van der Waals surface area contributed by atoms with E-state index in [9.17, 15) is 4.39 Å². The summed E-state index contributed by atoms with van der Waals surface area (Å²) in [6.45, 7) is 0.330. The van der Waals surface area contributed by atoms with Gasteiger partial charge in [-0.2, -0.15) is 0 Å². The second-order valence-corrected chi connectivity index (χ2v) is 9.40. The molecule has 0 bridgehead atoms. The first-order chi connectivity index (χ1) is 17.7. The molecule has 2 aliphatic rings. The average Bonchev–Trinajstić information content (AvgIpc) is 3.42. The summed E-state index contributed by atoms with van der Waals surface area (Å²) >= 11 is 0. The predicted octanol–water partition coefficient (Wildman–Crippen LogP) is 7.98. The summed E-state index contributed by atoms with van der Waals surface area (Å²) < 4.78 is 19.1. The maximum absolute atomic E-state index is 13.3. The summed E-state index contributed by atoms with van der Waals surface area (Å²) in [5, 5.41) is 3.78. The van der Waals surface area contributed by atoms with Crippen LogP contribution in [-0.4, -0.2) is 6.21 Å². The number of fused-ring (bicyclic) bond motifs is 3. The molecule has 1 N–H and O–H groups in total. The molecule has 0 fully saturated rings. The first-order valence-electron chi connectivity index (χ1n) is 12.4. The molecule has 0 spiro atoms. The Morgan fingerprint density at radius 1 is 0.917 bits per heavy atom. The minimum atomic E-state index is -0.254. The van der Waals surface area contributed by atoms with E-state index in [2.05, 4.69) is 71.0 Å². The molecular formula is C32H27FN2O. The van der Waals surface area contributed by atoms with E-state index in [4.69, 9.17) is 4.74 Å². The second-order valence-electron chi connectivity index (χ2n) is 9.40. The highest BCUT2D eigenvalue weighted by molar-refractivity contribution is 5.82. The first kappa shape index (κ1) is 22.3. The molecule has 1 aliphatic heterocycles. The maximum Gasteiger partial charge on any atom is 0.123 e. The van der Waals surface area contributed by atoms with Gasteiger partial charge in [0.1, 0.15) is 18.2 Å². The quantitative estimate of drug-likeness (QED) is 0.227. The topological polar surface area (TPSA) is 33.6 Å². The number of hydrogen-bond acceptors (Lipinski definition) is 3. The van der Waals surface area contributed by atoms with Crippen LogP contribution in [0.25, 0.3) is 0 Å². The Balaban J connectivity index is 1.10. The number of anilines is 1. The molecule has 0 saturated carbocycles. The largest absolute Gasteiger partial charge is 0.489 e. The monoisotopic (exact) mass is 474 g/mol. The standard InChI is InChI=1S/C32H27FN2O/c33-25-6-3-5-23(19-25)21-36-27-17-11-22(12-18-27)20-34-26-15-13-24(14-16-26)32-30-9-4-8-28(30)29-7-1-2-10-31(29)35-32/h1-8,10-20,28,30,32,35H,9,21H2/t28-,30-,32-/m0/s1. The third kappa shape index (κ3) is 4.67. The number of ether oxygens (including phenoxy) is 1. The lowest BCUT2D eigenvalue weighted by atomic mass is 9.77. The number of rotatable bonds is 6. The molecular weight excluding hydrogens is 447 g/mol. The molecule has 178 valence electrons. The lowest BCUT2D eigenvalue weighted by Crippen LogP contribution is -2.28. The molecule has 3 nitrogen and oxygen atoms in total. The molecule has 36 heavy (non-hydrogen) atoms. The van der Waals surface area contributed by atoms with Crippen molar-refractivity contribution in [2.75, 3.05) is 5.32 Å². The van der Waals surface area contributed by atoms with E-state index in [-0.39, 0.29) is 11.9 Å². The molecule has 6 rings (SSSR count). The van der Waals surface area contributed by atoms with E-state index in [1.54, 1.807) is 6.07 Å². The Kier molecular flexibility index (Phi) is 6.08. The number of halogens is 1. The van der Waals surface area contributed by atoms with Gasteiger partial charge in [0.25, 0.3) is 0 Å². The Bertz CT molecular complexity index is 1410. The summed E-state index contributed by atoms with van der Waals surface area (Å²) in [5.74, 6) is 1.50. The normalized spacial score (nSPS) is 20.1. The highest BCUT2D eigenvalue weighted by Gasteiger charge is 2.37. The fraction of sp³-hybridized carbons (Fsp3) is 0.156. The van der Waals surface area contributed by atoms with Gasteiger partial charge in [-0.3, -0.25) is 4.99 Å². The van der Waals surface area contributed by atoms with E-state index >= 15 is 0 Å². The molecule has 4 aromatic rings. The van der Waals surface area contributed by atoms with Gasteiger partial charge in [0, 0.05) is 17.8 Å². The van der Waals surface area contributed by atoms with Crippen LogP contribution in [0.4, 0.5) is 15.8 Å². The van der Waals surface area contributed by atoms with Crippen LogP contribution in [0.3, 0.4) is 0 Å². The molecule has 1 heterocycles. The van der Waals surface area contributed by atoms with Crippen molar-refractivity contribution in [3.8, 4) is 5.75 Å². The summed E-state index contributed by atoms with van der Waals surface area (Å²) in [7, 11) is 0. The molecule has 3 atom stereocenters. The fourth-order valence-corrected chi connectivity index (χ4v) is 5.23. The highest BCUT2D eigenvalue weighted by Crippen LogP contribution is 2.49. The number of benzene rings is 4. The number of hydrogen-bond donors (Lipinski definition) is 1. The first-order valence-corrected chi connectivity index (χ1v) is 12.4. The van der Waals surface area contributed by atoms with Gasteiger partial charge in [-0.1, -0.05) is 54.6 Å². The molecule has 0 amide bonds. The third-order valence-corrected chi connectivity index (χ3v) is 7.06. The van der Waals surface area contributed by atoms with Gasteiger partial charge in [0.2, 0.25) is 0 Å².